The van der Waals surface area contributed by atoms with Crippen LogP contribution >= 0.6 is 0 Å². The van der Waals surface area contributed by atoms with Gasteiger partial charge >= 0.3 is 12.1 Å². The largest absolute Gasteiger partial charge is 0.490 e. The maximum atomic E-state index is 11.9. The van der Waals surface area contributed by atoms with Gasteiger partial charge in [0.25, 0.3) is 0 Å². The summed E-state index contributed by atoms with van der Waals surface area (Å²) in [6.45, 7) is 4.57. The molecule has 3 heterocycles. The first-order chi connectivity index (χ1) is 14.1. The highest BCUT2D eigenvalue weighted by Gasteiger charge is 2.43. The van der Waals surface area contributed by atoms with Gasteiger partial charge < -0.3 is 15.3 Å². The molecule has 4 rings (SSSR count). The Morgan fingerprint density at radius 3 is 2.17 bits per heavy atom. The maximum absolute atomic E-state index is 11.9. The van der Waals surface area contributed by atoms with Crippen LogP contribution < -0.4 is 15.5 Å². The molecular formula is C20H24F3N3O4. The number of carbonyl (C=O) groups excluding carboxylic acids is 2. The Morgan fingerprint density at radius 2 is 1.67 bits per heavy atom. The third kappa shape index (κ3) is 5.10. The highest BCUT2D eigenvalue weighted by molar-refractivity contribution is 6.00. The first-order valence-electron chi connectivity index (χ1n) is 9.79. The van der Waals surface area contributed by atoms with Gasteiger partial charge in [-0.3, -0.25) is 14.9 Å². The van der Waals surface area contributed by atoms with Crippen LogP contribution in [-0.2, 0) is 14.4 Å². The van der Waals surface area contributed by atoms with Gasteiger partial charge in [-0.15, -0.1) is 0 Å². The average molecular weight is 427 g/mol. The van der Waals surface area contributed by atoms with Gasteiger partial charge in [0.1, 0.15) is 0 Å². The van der Waals surface area contributed by atoms with Crippen LogP contribution in [0.1, 0.15) is 37.2 Å². The standard InChI is InChI=1S/C18H23N3O2.C2HF3O2/c22-16-6-5-15(17(23)20-16)13-1-3-14(4-2-13)21-11-18(12-21)7-9-19-10-8-18;3-2(4,5)1(6)7/h1-4,15,19H,5-12H2,(H,20,22,23);(H,6,7)/t15-;/m1./s1. The van der Waals surface area contributed by atoms with Crippen LogP contribution in [0, 0.1) is 5.41 Å². The Bertz CT molecular complexity index is 797. The maximum Gasteiger partial charge on any atom is 0.490 e. The van der Waals surface area contributed by atoms with Gasteiger partial charge in [0.05, 0.1) is 5.92 Å². The summed E-state index contributed by atoms with van der Waals surface area (Å²) in [6, 6.07) is 8.32. The summed E-state index contributed by atoms with van der Waals surface area (Å²) in [7, 11) is 0. The molecule has 7 nitrogen and oxygen atoms in total. The third-order valence-electron chi connectivity index (χ3n) is 5.86. The van der Waals surface area contributed by atoms with Crippen molar-refractivity contribution in [3.63, 3.8) is 0 Å². The number of carboxylic acids is 1. The van der Waals surface area contributed by atoms with E-state index in [0.29, 0.717) is 18.3 Å². The zero-order valence-corrected chi connectivity index (χ0v) is 16.3. The van der Waals surface area contributed by atoms with Gasteiger partial charge in [0, 0.05) is 30.6 Å². The Hall–Kier alpha value is -2.62. The second-order valence-electron chi connectivity index (χ2n) is 8.00. The van der Waals surface area contributed by atoms with Crippen molar-refractivity contribution in [3.8, 4) is 0 Å². The highest BCUT2D eigenvalue weighted by atomic mass is 19.4. The van der Waals surface area contributed by atoms with Crippen molar-refractivity contribution in [3.05, 3.63) is 29.8 Å². The van der Waals surface area contributed by atoms with Crippen LogP contribution in [0.25, 0.3) is 0 Å². The summed E-state index contributed by atoms with van der Waals surface area (Å²) >= 11 is 0. The molecule has 1 atom stereocenters. The molecule has 0 aromatic heterocycles. The predicted molar refractivity (Wildman–Crippen MR) is 102 cm³/mol. The molecular weight excluding hydrogens is 403 g/mol. The summed E-state index contributed by atoms with van der Waals surface area (Å²) < 4.78 is 31.7. The minimum Gasteiger partial charge on any atom is -0.475 e. The lowest BCUT2D eigenvalue weighted by Crippen LogP contribution is -2.60. The number of halogens is 3. The van der Waals surface area contributed by atoms with Crippen molar-refractivity contribution in [1.82, 2.24) is 10.6 Å². The molecule has 0 radical (unpaired) electrons. The van der Waals surface area contributed by atoms with E-state index in [1.165, 1.54) is 18.5 Å². The molecule has 1 aromatic rings. The fourth-order valence-corrected chi connectivity index (χ4v) is 4.15. The zero-order valence-electron chi connectivity index (χ0n) is 16.3. The number of benzene rings is 1. The number of piperidine rings is 2. The van der Waals surface area contributed by atoms with Crippen LogP contribution in [0.5, 0.6) is 0 Å². The SMILES string of the molecule is O=C(O)C(F)(F)F.O=C1CC[C@H](c2ccc(N3CC4(CCNCC4)C3)cc2)C(=O)N1. The molecule has 0 unspecified atom stereocenters. The van der Waals surface area contributed by atoms with Crippen molar-refractivity contribution >= 4 is 23.5 Å². The minimum absolute atomic E-state index is 0.157. The number of amides is 2. The van der Waals surface area contributed by atoms with Crippen LogP contribution in [0.3, 0.4) is 0 Å². The molecule has 3 fully saturated rings. The molecule has 30 heavy (non-hydrogen) atoms. The van der Waals surface area contributed by atoms with E-state index >= 15 is 0 Å². The van der Waals surface area contributed by atoms with E-state index in [1.807, 2.05) is 12.1 Å². The molecule has 0 saturated carbocycles. The normalized spacial score (nSPS) is 23.2. The summed E-state index contributed by atoms with van der Waals surface area (Å²) in [5.74, 6) is -3.26. The number of hydrogen-bond acceptors (Lipinski definition) is 5. The fraction of sp³-hybridized carbons (Fsp3) is 0.550. The van der Waals surface area contributed by atoms with Gasteiger partial charge in [-0.1, -0.05) is 12.1 Å². The van der Waals surface area contributed by atoms with Gasteiger partial charge in [0.15, 0.2) is 0 Å². The minimum atomic E-state index is -5.08. The van der Waals surface area contributed by atoms with Crippen molar-refractivity contribution in [2.24, 2.45) is 5.41 Å². The second-order valence-corrected chi connectivity index (χ2v) is 8.00. The van der Waals surface area contributed by atoms with Crippen LogP contribution in [-0.4, -0.2) is 55.2 Å². The third-order valence-corrected chi connectivity index (χ3v) is 5.86. The Kier molecular flexibility index (Phi) is 6.35. The molecule has 0 bridgehead atoms. The number of rotatable bonds is 2. The Morgan fingerprint density at radius 1 is 1.10 bits per heavy atom. The molecule has 3 aliphatic rings. The summed E-state index contributed by atoms with van der Waals surface area (Å²) in [5, 5.41) is 13.0. The average Bonchev–Trinajstić information content (AvgIpc) is 2.67. The van der Waals surface area contributed by atoms with Crippen molar-refractivity contribution < 1.29 is 32.7 Å². The molecule has 3 saturated heterocycles. The van der Waals surface area contributed by atoms with E-state index in [-0.39, 0.29) is 17.7 Å². The predicted octanol–water partition coefficient (Wildman–Crippen LogP) is 2.03. The number of nitrogens with one attached hydrogen (secondary N) is 2. The van der Waals surface area contributed by atoms with E-state index in [1.54, 1.807) is 0 Å². The van der Waals surface area contributed by atoms with Gasteiger partial charge in [-0.25, -0.2) is 4.79 Å². The number of imide groups is 1. The lowest BCUT2D eigenvalue weighted by molar-refractivity contribution is -0.192. The van der Waals surface area contributed by atoms with E-state index in [2.05, 4.69) is 27.7 Å². The first-order valence-corrected chi connectivity index (χ1v) is 9.79. The number of anilines is 1. The molecule has 10 heteroatoms. The molecule has 0 aliphatic carbocycles. The molecule has 3 aliphatic heterocycles. The number of alkyl halides is 3. The molecule has 1 aromatic carbocycles. The summed E-state index contributed by atoms with van der Waals surface area (Å²) in [6.07, 6.45) is -1.49. The number of carbonyl (C=O) groups is 3. The van der Waals surface area contributed by atoms with Gasteiger partial charge in [-0.05, 0) is 50.0 Å². The Balaban J connectivity index is 0.000000318. The highest BCUT2D eigenvalue weighted by Crippen LogP contribution is 2.41. The number of carboxylic acid groups (broad SMARTS) is 1. The van der Waals surface area contributed by atoms with Gasteiger partial charge in [-0.2, -0.15) is 13.2 Å². The molecule has 164 valence electrons. The monoisotopic (exact) mass is 427 g/mol. The zero-order chi connectivity index (χ0) is 21.9. The number of nitrogens with zero attached hydrogens (tertiary/aromatic N) is 1. The van der Waals surface area contributed by atoms with E-state index in [9.17, 15) is 22.8 Å². The summed E-state index contributed by atoms with van der Waals surface area (Å²) in [5.41, 5.74) is 2.77. The van der Waals surface area contributed by atoms with E-state index < -0.39 is 12.1 Å². The van der Waals surface area contributed by atoms with Crippen LogP contribution in [0.2, 0.25) is 0 Å². The van der Waals surface area contributed by atoms with Gasteiger partial charge in [0.2, 0.25) is 11.8 Å². The smallest absolute Gasteiger partial charge is 0.475 e. The topological polar surface area (TPSA) is 98.7 Å². The second kappa shape index (κ2) is 8.63. The van der Waals surface area contributed by atoms with Crippen molar-refractivity contribution in [2.75, 3.05) is 31.1 Å². The molecule has 3 N–H and O–H groups in total. The van der Waals surface area contributed by atoms with Crippen LogP contribution in [0.15, 0.2) is 24.3 Å². The van der Waals surface area contributed by atoms with Crippen LogP contribution in [0.4, 0.5) is 18.9 Å². The van der Waals surface area contributed by atoms with E-state index in [4.69, 9.17) is 9.90 Å². The lowest BCUT2D eigenvalue weighted by atomic mass is 9.72. The number of hydrogen-bond donors (Lipinski definition) is 3. The van der Waals surface area contributed by atoms with E-state index in [0.717, 1.165) is 31.7 Å². The quantitative estimate of drug-likeness (QED) is 0.625. The molecule has 2 amide bonds. The summed E-state index contributed by atoms with van der Waals surface area (Å²) in [4.78, 5) is 34.5. The van der Waals surface area contributed by atoms with Crippen molar-refractivity contribution in [2.45, 2.75) is 37.8 Å². The first kappa shape index (κ1) is 22.1. The van der Waals surface area contributed by atoms with Crippen molar-refractivity contribution in [1.29, 1.82) is 0 Å². The number of aliphatic carboxylic acids is 1. The Labute approximate surface area is 171 Å². The fourth-order valence-electron chi connectivity index (χ4n) is 4.15. The molecule has 1 spiro atoms. The lowest BCUT2D eigenvalue weighted by Gasteiger charge is -2.53.